The van der Waals surface area contributed by atoms with Crippen LogP contribution >= 0.6 is 0 Å². The van der Waals surface area contributed by atoms with Crippen LogP contribution in [0.3, 0.4) is 0 Å². The molecule has 2 rings (SSSR count). The highest BCUT2D eigenvalue weighted by atomic mass is 16.3. The minimum Gasteiger partial charge on any atom is -0.374 e. The van der Waals surface area contributed by atoms with Gasteiger partial charge in [-0.2, -0.15) is 0 Å². The van der Waals surface area contributed by atoms with Gasteiger partial charge in [-0.3, -0.25) is 9.59 Å². The summed E-state index contributed by atoms with van der Waals surface area (Å²) < 4.78 is 0. The zero-order valence-corrected chi connectivity index (χ0v) is 11.0. The first-order chi connectivity index (χ1) is 9.60. The predicted molar refractivity (Wildman–Crippen MR) is 76.4 cm³/mol. The molecule has 0 saturated heterocycles. The molecular weight excluding hydrogens is 254 g/mol. The number of aliphatic hydroxyl groups is 1. The molecule has 0 aromatic heterocycles. The van der Waals surface area contributed by atoms with Crippen LogP contribution in [0.4, 0.5) is 0 Å². The maximum atomic E-state index is 11.7. The molecule has 0 aliphatic carbocycles. The van der Waals surface area contributed by atoms with Crippen LogP contribution in [-0.2, 0) is 0 Å². The van der Waals surface area contributed by atoms with Gasteiger partial charge >= 0.3 is 0 Å². The second-order valence-corrected chi connectivity index (χ2v) is 4.47. The number of aliphatic hydroxyl groups excluding tert-OH is 1. The number of hydrogen-bond donors (Lipinski definition) is 2. The van der Waals surface area contributed by atoms with Crippen LogP contribution in [0.5, 0.6) is 0 Å². The normalized spacial score (nSPS) is 11.7. The zero-order chi connectivity index (χ0) is 14.5. The average Bonchev–Trinajstić information content (AvgIpc) is 2.47. The minimum atomic E-state index is -0.883. The quantitative estimate of drug-likeness (QED) is 0.660. The summed E-state index contributed by atoms with van der Waals surface area (Å²) in [7, 11) is 0. The first kappa shape index (κ1) is 14.0. The summed E-state index contributed by atoms with van der Waals surface area (Å²) in [5, 5.41) is 11.5. The van der Waals surface area contributed by atoms with Crippen molar-refractivity contribution in [2.45, 2.75) is 13.2 Å². The molecule has 4 nitrogen and oxygen atoms in total. The molecule has 0 spiro atoms. The van der Waals surface area contributed by atoms with Gasteiger partial charge in [0.25, 0.3) is 5.91 Å². The van der Waals surface area contributed by atoms with E-state index < -0.39 is 6.23 Å². The molecule has 1 unspecified atom stereocenters. The molecule has 4 heteroatoms. The Morgan fingerprint density at radius 2 is 1.85 bits per heavy atom. The Morgan fingerprint density at radius 1 is 1.15 bits per heavy atom. The first-order valence-corrected chi connectivity index (χ1v) is 6.25. The van der Waals surface area contributed by atoms with E-state index in [2.05, 4.69) is 5.32 Å². The van der Waals surface area contributed by atoms with E-state index in [1.807, 2.05) is 12.1 Å². The third kappa shape index (κ3) is 3.30. The van der Waals surface area contributed by atoms with Gasteiger partial charge in [0, 0.05) is 11.1 Å². The lowest BCUT2D eigenvalue weighted by Gasteiger charge is -2.08. The van der Waals surface area contributed by atoms with Crippen LogP contribution in [-0.4, -0.2) is 23.5 Å². The summed E-state index contributed by atoms with van der Waals surface area (Å²) in [5.41, 5.74) is 2.92. The van der Waals surface area contributed by atoms with Crippen molar-refractivity contribution in [2.75, 3.05) is 0 Å². The van der Waals surface area contributed by atoms with Gasteiger partial charge in [0.15, 0.2) is 0 Å². The molecule has 2 aromatic rings. The van der Waals surface area contributed by atoms with Crippen LogP contribution < -0.4 is 5.32 Å². The first-order valence-electron chi connectivity index (χ1n) is 6.25. The van der Waals surface area contributed by atoms with Gasteiger partial charge in [0.2, 0.25) is 0 Å². The highest BCUT2D eigenvalue weighted by Gasteiger charge is 2.07. The van der Waals surface area contributed by atoms with E-state index >= 15 is 0 Å². The standard InChI is InChI=1S/C16H15NO3/c1-11(19)17-16(20)14-7-5-13(6-8-14)15-4-2-3-12(9-15)10-18/h2-11,19H,1H3,(H,17,20). The van der Waals surface area contributed by atoms with Gasteiger partial charge in [0.05, 0.1) is 0 Å². The molecule has 1 atom stereocenters. The van der Waals surface area contributed by atoms with E-state index in [0.717, 1.165) is 17.4 Å². The monoisotopic (exact) mass is 269 g/mol. The molecule has 1 amide bonds. The summed E-state index contributed by atoms with van der Waals surface area (Å²) >= 11 is 0. The number of rotatable bonds is 4. The maximum absolute atomic E-state index is 11.7. The number of carbonyl (C=O) groups is 2. The molecule has 0 heterocycles. The van der Waals surface area contributed by atoms with E-state index in [1.165, 1.54) is 6.92 Å². The number of benzene rings is 2. The van der Waals surface area contributed by atoms with Gasteiger partial charge in [-0.05, 0) is 36.2 Å². The van der Waals surface area contributed by atoms with E-state index in [1.54, 1.807) is 36.4 Å². The Balaban J connectivity index is 2.23. The highest BCUT2D eigenvalue weighted by Crippen LogP contribution is 2.20. The average molecular weight is 269 g/mol. The molecule has 0 aliphatic rings. The Labute approximate surface area is 117 Å². The van der Waals surface area contributed by atoms with E-state index in [9.17, 15) is 9.59 Å². The molecule has 0 bridgehead atoms. The third-order valence-electron chi connectivity index (χ3n) is 2.84. The highest BCUT2D eigenvalue weighted by molar-refractivity contribution is 5.94. The van der Waals surface area contributed by atoms with Crippen LogP contribution in [0.2, 0.25) is 0 Å². The number of hydrogen-bond acceptors (Lipinski definition) is 3. The van der Waals surface area contributed by atoms with Gasteiger partial charge in [-0.25, -0.2) is 0 Å². The number of nitrogens with one attached hydrogen (secondary N) is 1. The van der Waals surface area contributed by atoms with E-state index in [0.29, 0.717) is 11.1 Å². The molecule has 0 fully saturated rings. The fourth-order valence-electron chi connectivity index (χ4n) is 1.88. The number of carbonyl (C=O) groups excluding carboxylic acids is 2. The predicted octanol–water partition coefficient (Wildman–Crippen LogP) is 2.23. The zero-order valence-electron chi connectivity index (χ0n) is 11.0. The van der Waals surface area contributed by atoms with Gasteiger partial charge in [0.1, 0.15) is 12.5 Å². The molecular formula is C16H15NO3. The molecule has 0 aliphatic heterocycles. The number of amides is 1. The largest absolute Gasteiger partial charge is 0.374 e. The summed E-state index contributed by atoms with van der Waals surface area (Å²) in [4.78, 5) is 22.4. The van der Waals surface area contributed by atoms with Crippen molar-refractivity contribution >= 4 is 12.2 Å². The van der Waals surface area contributed by atoms with Gasteiger partial charge in [-0.15, -0.1) is 0 Å². The van der Waals surface area contributed by atoms with Crippen molar-refractivity contribution in [1.82, 2.24) is 5.32 Å². The van der Waals surface area contributed by atoms with E-state index in [-0.39, 0.29) is 5.91 Å². The van der Waals surface area contributed by atoms with Crippen LogP contribution in [0, 0.1) is 0 Å². The Kier molecular flexibility index (Phi) is 4.27. The van der Waals surface area contributed by atoms with Crippen molar-refractivity contribution in [3.05, 3.63) is 59.7 Å². The fraction of sp³-hybridized carbons (Fsp3) is 0.125. The van der Waals surface area contributed by atoms with Crippen molar-refractivity contribution in [2.24, 2.45) is 0 Å². The second-order valence-electron chi connectivity index (χ2n) is 4.47. The fourth-order valence-corrected chi connectivity index (χ4v) is 1.88. The summed E-state index contributed by atoms with van der Waals surface area (Å²) in [5.74, 6) is -0.326. The Morgan fingerprint density at radius 3 is 2.45 bits per heavy atom. The lowest BCUT2D eigenvalue weighted by atomic mass is 10.0. The molecule has 102 valence electrons. The van der Waals surface area contributed by atoms with Gasteiger partial charge in [-0.1, -0.05) is 30.3 Å². The topological polar surface area (TPSA) is 66.4 Å². The minimum absolute atomic E-state index is 0.326. The lowest BCUT2D eigenvalue weighted by Crippen LogP contribution is -2.31. The lowest BCUT2D eigenvalue weighted by molar-refractivity contribution is 0.0818. The van der Waals surface area contributed by atoms with E-state index in [4.69, 9.17) is 5.11 Å². The van der Waals surface area contributed by atoms with Crippen molar-refractivity contribution in [1.29, 1.82) is 0 Å². The molecule has 20 heavy (non-hydrogen) atoms. The maximum Gasteiger partial charge on any atom is 0.253 e. The smallest absolute Gasteiger partial charge is 0.253 e. The third-order valence-corrected chi connectivity index (χ3v) is 2.84. The van der Waals surface area contributed by atoms with Crippen LogP contribution in [0.15, 0.2) is 48.5 Å². The molecule has 0 saturated carbocycles. The van der Waals surface area contributed by atoms with Crippen LogP contribution in [0.25, 0.3) is 11.1 Å². The number of aldehydes is 1. The molecule has 2 aromatic carbocycles. The molecule has 2 N–H and O–H groups in total. The van der Waals surface area contributed by atoms with Crippen molar-refractivity contribution in [3.63, 3.8) is 0 Å². The Hall–Kier alpha value is -2.46. The summed E-state index contributed by atoms with van der Waals surface area (Å²) in [6.45, 7) is 1.48. The summed E-state index contributed by atoms with van der Waals surface area (Å²) in [6, 6.07) is 14.2. The SMILES string of the molecule is CC(O)NC(=O)c1ccc(-c2cccc(C=O)c2)cc1. The van der Waals surface area contributed by atoms with Gasteiger partial charge < -0.3 is 10.4 Å². The second kappa shape index (κ2) is 6.12. The molecule has 0 radical (unpaired) electrons. The Bertz CT molecular complexity index is 618. The van der Waals surface area contributed by atoms with Crippen molar-refractivity contribution < 1.29 is 14.7 Å². The summed E-state index contributed by atoms with van der Waals surface area (Å²) in [6.07, 6.45) is -0.0834. The van der Waals surface area contributed by atoms with Crippen LogP contribution in [0.1, 0.15) is 27.6 Å². The van der Waals surface area contributed by atoms with Crippen molar-refractivity contribution in [3.8, 4) is 11.1 Å².